The highest BCUT2D eigenvalue weighted by atomic mass is 35.5. The van der Waals surface area contributed by atoms with Crippen molar-refractivity contribution >= 4 is 34.3 Å². The Morgan fingerprint density at radius 1 is 0.206 bits per heavy atom. The van der Waals surface area contributed by atoms with Crippen LogP contribution in [0.15, 0.2) is 11.1 Å². The molecule has 20 unspecified atom stereocenters. The van der Waals surface area contributed by atoms with Crippen LogP contribution in [0.2, 0.25) is 0 Å². The van der Waals surface area contributed by atoms with E-state index in [4.69, 9.17) is 23.2 Å². The second-order valence-corrected chi connectivity index (χ2v) is 41.0. The highest BCUT2D eigenvalue weighted by Crippen LogP contribution is 2.69. The van der Waals surface area contributed by atoms with Gasteiger partial charge in [-0.3, -0.25) is 0 Å². The lowest BCUT2D eigenvalue weighted by atomic mass is 9.52. The molecule has 4 saturated carbocycles. The molecule has 0 nitrogen and oxygen atoms in total. The van der Waals surface area contributed by atoms with Crippen LogP contribution in [0, 0.1) is 275 Å². The Bertz CT molecular complexity index is 4230. The third-order valence-corrected chi connectivity index (χ3v) is 35.4. The van der Waals surface area contributed by atoms with Gasteiger partial charge in [-0.1, -0.05) is 80.4 Å². The molecular weight excluding hydrogens is 1330 g/mol. The smallest absolute Gasteiger partial charge is 0.102 e. The van der Waals surface area contributed by atoms with Crippen molar-refractivity contribution in [2.45, 2.75) is 332 Å². The van der Waals surface area contributed by atoms with Gasteiger partial charge in [-0.15, -0.1) is 23.2 Å². The topological polar surface area (TPSA) is 0 Å². The van der Waals surface area contributed by atoms with Crippen LogP contribution in [0.3, 0.4) is 0 Å². The molecule has 20 atom stereocenters. The summed E-state index contributed by atoms with van der Waals surface area (Å²) in [5.74, 6) is 14.6. The van der Waals surface area contributed by atoms with Gasteiger partial charge < -0.3 is 0 Å². The molecule has 0 aliphatic heterocycles. The van der Waals surface area contributed by atoms with E-state index >= 15 is 0 Å². The summed E-state index contributed by atoms with van der Waals surface area (Å²) < 4.78 is -0.556. The van der Waals surface area contributed by atoms with Crippen LogP contribution in [0.25, 0.3) is 33.4 Å². The van der Waals surface area contributed by atoms with E-state index in [1.165, 1.54) is 151 Å². The van der Waals surface area contributed by atoms with Crippen molar-refractivity contribution in [2.24, 2.45) is 94.7 Å². The number of allylic oxidation sites excluding steroid dienone is 4. The first-order chi connectivity index (χ1) is 49.4. The van der Waals surface area contributed by atoms with Gasteiger partial charge in [0.1, 0.15) is 4.33 Å². The molecule has 0 amide bonds. The van der Waals surface area contributed by atoms with E-state index < -0.39 is 4.33 Å². The number of hydrogen-bond acceptors (Lipinski definition) is 0. The number of halogens is 2. The minimum absolute atomic E-state index is 0.391. The van der Waals surface area contributed by atoms with E-state index in [0.717, 1.165) is 101 Å². The Morgan fingerprint density at radius 3 is 0.654 bits per heavy atom. The molecular formula is C105H150Cl2. The van der Waals surface area contributed by atoms with Gasteiger partial charge in [0.05, 0.1) is 0 Å². The second kappa shape index (κ2) is 30.4. The molecule has 0 bridgehead atoms. The minimum Gasteiger partial charge on any atom is -0.102 e. The maximum absolute atomic E-state index is 5.30. The van der Waals surface area contributed by atoms with Crippen LogP contribution in [0.1, 0.15) is 325 Å². The monoisotopic (exact) mass is 1480 g/mol. The Labute approximate surface area is 667 Å². The maximum Gasteiger partial charge on any atom is 0.112 e. The number of hydrogen-bond donors (Lipinski definition) is 0. The molecule has 6 aromatic rings. The van der Waals surface area contributed by atoms with Gasteiger partial charge in [-0.2, -0.15) is 0 Å². The molecule has 4 fully saturated rings. The fraction of sp³-hybridized carbons (Fsp3) is 0.619. The quantitative estimate of drug-likeness (QED) is 0.133. The van der Waals surface area contributed by atoms with Crippen molar-refractivity contribution in [3.05, 3.63) is 189 Å². The van der Waals surface area contributed by atoms with E-state index in [1.54, 1.807) is 91.8 Å². The van der Waals surface area contributed by atoms with Gasteiger partial charge in [0.15, 0.2) is 0 Å². The summed E-state index contributed by atoms with van der Waals surface area (Å²) in [6.07, 6.45) is 2.58. The van der Waals surface area contributed by atoms with Crippen LogP contribution < -0.4 is 0 Å². The third kappa shape index (κ3) is 13.2. The number of benzene rings is 6. The predicted octanol–water partition coefficient (Wildman–Crippen LogP) is 31.2. The molecule has 0 aromatic heterocycles. The van der Waals surface area contributed by atoms with Crippen LogP contribution in [0.4, 0.5) is 0 Å². The first kappa shape index (κ1) is 84.8. The second-order valence-electron chi connectivity index (χ2n) is 39.0. The van der Waals surface area contributed by atoms with Crippen molar-refractivity contribution in [3.8, 4) is 22.3 Å². The van der Waals surface area contributed by atoms with Gasteiger partial charge >= 0.3 is 0 Å². The lowest BCUT2D eigenvalue weighted by Gasteiger charge is -2.52. The van der Waals surface area contributed by atoms with Crippen LogP contribution in [0.5, 0.6) is 0 Å². The van der Waals surface area contributed by atoms with E-state index in [2.05, 4.69) is 277 Å². The van der Waals surface area contributed by atoms with Crippen molar-refractivity contribution in [3.63, 3.8) is 0 Å². The number of fused-ring (bicyclic) bond motifs is 4. The summed E-state index contributed by atoms with van der Waals surface area (Å²) in [5.41, 5.74) is 60.6. The lowest BCUT2D eigenvalue weighted by Crippen LogP contribution is -2.45. The van der Waals surface area contributed by atoms with Gasteiger partial charge in [0, 0.05) is 11.8 Å². The van der Waals surface area contributed by atoms with Gasteiger partial charge in [-0.05, 0) is 552 Å². The highest BCUT2D eigenvalue weighted by molar-refractivity contribution is 6.47. The van der Waals surface area contributed by atoms with Crippen molar-refractivity contribution in [1.82, 2.24) is 0 Å². The highest BCUT2D eigenvalue weighted by Gasteiger charge is 2.62. The van der Waals surface area contributed by atoms with E-state index in [0.29, 0.717) is 23.7 Å². The van der Waals surface area contributed by atoms with Crippen LogP contribution in [-0.2, 0) is 0 Å². The molecule has 2 heteroatoms. The molecule has 0 N–H and O–H groups in total. The maximum atomic E-state index is 5.30. The fourth-order valence-electron chi connectivity index (χ4n) is 25.7. The molecule has 107 heavy (non-hydrogen) atoms. The fourth-order valence-corrected chi connectivity index (χ4v) is 25.7. The van der Waals surface area contributed by atoms with Crippen molar-refractivity contribution in [2.75, 3.05) is 0 Å². The SMILES string of the molecule is CC(C)(Cl)Cl.CC1=C(C)C(CC2C(C)=C(C)c3c(-c4c(C)c(C)c(C)c(C)c4C)c(C)c(C)c(C)c32)c2c(C)c(C)c(C)c(-c3c(C)c(C)c(C)c(C)c3C)c21.Cc1c(C)c(C)c(C2C(C)C(C)C(C)C3C(CC4C(C)C(C)C5C(c6c(C)c(C)c(C)c(C)c6C)C(C)C(C)C(C)C45)C(C)C(C)C23)c(C)c1C. The largest absolute Gasteiger partial charge is 0.112 e. The normalized spacial score (nSPS) is 29.5. The van der Waals surface area contributed by atoms with Crippen molar-refractivity contribution in [1.29, 1.82) is 0 Å². The minimum atomic E-state index is -0.556. The molecule has 0 saturated heterocycles. The summed E-state index contributed by atoms with van der Waals surface area (Å²) in [6, 6.07) is 0. The predicted molar refractivity (Wildman–Crippen MR) is 475 cm³/mol. The van der Waals surface area contributed by atoms with Gasteiger partial charge in [0.2, 0.25) is 0 Å². The van der Waals surface area contributed by atoms with E-state index in [1.807, 2.05) is 0 Å². The van der Waals surface area contributed by atoms with Crippen LogP contribution >= 0.6 is 23.2 Å². The Hall–Kier alpha value is -4.62. The van der Waals surface area contributed by atoms with Crippen LogP contribution in [-0.4, -0.2) is 4.33 Å². The standard InChI is InChI=1S/C51H80.C51H64.C3H6Cl2/c2*1-22-24(3)32(11)44(33(12)25(22)4)48-38(17)28(7)36(15)46-42(30(9)40(19)50(46)48)21-43-31(10)41(20)51-47(43)37(16)29(8)39(18)49(51)45-34(13)26(5)23(2)27(6)35(45)14;1-3(2,4)5/h28-31,36-43,46-51H,21H2,1-20H3;42-43H,21H2,1-20H3;1-2H3. The van der Waals surface area contributed by atoms with E-state index in [9.17, 15) is 0 Å². The Kier molecular flexibility index (Phi) is 24.1. The average molecular weight is 1480 g/mol. The van der Waals surface area contributed by atoms with Gasteiger partial charge in [-0.25, -0.2) is 0 Å². The number of rotatable bonds is 8. The molecule has 0 heterocycles. The summed E-state index contributed by atoms with van der Waals surface area (Å²) in [7, 11) is 0. The Morgan fingerprint density at radius 2 is 0.402 bits per heavy atom. The summed E-state index contributed by atoms with van der Waals surface area (Å²) in [6.45, 7) is 102. The molecule has 584 valence electrons. The zero-order chi connectivity index (χ0) is 80.6. The lowest BCUT2D eigenvalue weighted by molar-refractivity contribution is 0.000812. The molecule has 0 spiro atoms. The molecule has 12 rings (SSSR count). The summed E-state index contributed by atoms with van der Waals surface area (Å²) in [5, 5.41) is 0. The van der Waals surface area contributed by atoms with E-state index in [-0.39, 0.29) is 0 Å². The van der Waals surface area contributed by atoms with Crippen molar-refractivity contribution < 1.29 is 0 Å². The number of alkyl halides is 2. The molecule has 6 aliphatic rings. The molecule has 6 aliphatic carbocycles. The molecule has 6 aromatic carbocycles. The summed E-state index contributed by atoms with van der Waals surface area (Å²) >= 11 is 10.6. The first-order valence-corrected chi connectivity index (χ1v) is 43.4. The van der Waals surface area contributed by atoms with Gasteiger partial charge in [0.25, 0.3) is 0 Å². The zero-order valence-electron chi connectivity index (χ0n) is 76.2. The average Bonchev–Trinajstić information content (AvgIpc) is 1.59. The summed E-state index contributed by atoms with van der Waals surface area (Å²) in [4.78, 5) is 0. The zero-order valence-corrected chi connectivity index (χ0v) is 77.7. The molecule has 0 radical (unpaired) electrons. The first-order valence-electron chi connectivity index (χ1n) is 42.7. The Balaban J connectivity index is 0.000000215. The third-order valence-electron chi connectivity index (χ3n) is 35.4.